The Labute approximate surface area is 339 Å². The molecule has 0 spiro atoms. The zero-order valence-electron chi connectivity index (χ0n) is 34.8. The number of ether oxygens (including phenoxy) is 2. The van der Waals surface area contributed by atoms with Crippen molar-refractivity contribution in [2.45, 2.75) is 186 Å². The van der Waals surface area contributed by atoms with Crippen molar-refractivity contribution in [1.82, 2.24) is 0 Å². The second-order valence-corrected chi connectivity index (χ2v) is 15.9. The summed E-state index contributed by atoms with van der Waals surface area (Å²) < 4.78 is 32.6. The Kier molecular flexibility index (Phi) is 39.5. The minimum atomic E-state index is -4.63. The predicted octanol–water partition coefficient (Wildman–Crippen LogP) is 10.3. The van der Waals surface area contributed by atoms with Crippen LogP contribution in [0.1, 0.15) is 174 Å². The number of phosphoric acid groups is 1. The fourth-order valence-electron chi connectivity index (χ4n) is 5.67. The van der Waals surface area contributed by atoms with Crippen LogP contribution in [0.3, 0.4) is 0 Å². The monoisotopic (exact) mass is 815 g/mol. The van der Waals surface area contributed by atoms with Crippen LogP contribution >= 0.6 is 7.82 Å². The minimum absolute atomic E-state index is 0.156. The van der Waals surface area contributed by atoms with Crippen LogP contribution in [0, 0.1) is 0 Å². The summed E-state index contributed by atoms with van der Waals surface area (Å²) >= 11 is 0. The quantitative estimate of drug-likeness (QED) is 0.0201. The van der Waals surface area contributed by atoms with Gasteiger partial charge < -0.3 is 29.7 Å². The van der Waals surface area contributed by atoms with E-state index in [0.717, 1.165) is 64.2 Å². The highest BCUT2D eigenvalue weighted by Gasteiger charge is 2.27. The highest BCUT2D eigenvalue weighted by molar-refractivity contribution is 7.47. The summed E-state index contributed by atoms with van der Waals surface area (Å²) in [6.45, 7) is 0.325. The van der Waals surface area contributed by atoms with Gasteiger partial charge in [0.25, 0.3) is 0 Å². The molecule has 0 amide bonds. The molecular formula is C44H79O11P. The average Bonchev–Trinajstić information content (AvgIpc) is 3.19. The van der Waals surface area contributed by atoms with Crippen molar-refractivity contribution in [3.05, 3.63) is 48.6 Å². The van der Waals surface area contributed by atoms with Crippen molar-refractivity contribution < 1.29 is 52.9 Å². The van der Waals surface area contributed by atoms with Crippen molar-refractivity contribution in [1.29, 1.82) is 0 Å². The average molecular weight is 815 g/mol. The van der Waals surface area contributed by atoms with E-state index in [4.69, 9.17) is 24.2 Å². The summed E-state index contributed by atoms with van der Waals surface area (Å²) in [5, 5.41) is 27.1. The molecule has 0 aromatic carbocycles. The second kappa shape index (κ2) is 41.1. The number of phosphoric ester groups is 1. The normalized spacial score (nSPS) is 14.3. The largest absolute Gasteiger partial charge is 0.472 e. The first kappa shape index (κ1) is 53.9. The van der Waals surface area contributed by atoms with Crippen LogP contribution in [-0.4, -0.2) is 77.4 Å². The van der Waals surface area contributed by atoms with E-state index in [1.807, 2.05) is 12.2 Å². The van der Waals surface area contributed by atoms with Crippen molar-refractivity contribution in [3.8, 4) is 0 Å². The lowest BCUT2D eigenvalue weighted by Gasteiger charge is -2.20. The van der Waals surface area contributed by atoms with Gasteiger partial charge in [-0.3, -0.25) is 18.6 Å². The zero-order chi connectivity index (χ0) is 41.2. The molecule has 12 heteroatoms. The number of rotatable bonds is 41. The fourth-order valence-corrected chi connectivity index (χ4v) is 6.46. The SMILES string of the molecule is CCCCCCCCCCCCCCCCCC(=O)O[C@H](COC(=O)CCC/C=C\C/C=C\C/C=C\C/C=C\CCCCCO)COP(=O)(O)OC[C@@H](O)CO. The first-order valence-electron chi connectivity index (χ1n) is 21.7. The Morgan fingerprint density at radius 1 is 0.554 bits per heavy atom. The van der Waals surface area contributed by atoms with Gasteiger partial charge in [-0.2, -0.15) is 0 Å². The van der Waals surface area contributed by atoms with Gasteiger partial charge in [-0.15, -0.1) is 0 Å². The molecule has 56 heavy (non-hydrogen) atoms. The summed E-state index contributed by atoms with van der Waals surface area (Å²) in [6.07, 6.45) is 40.9. The number of aliphatic hydroxyl groups is 3. The predicted molar refractivity (Wildman–Crippen MR) is 225 cm³/mol. The molecule has 1 unspecified atom stereocenters. The second-order valence-electron chi connectivity index (χ2n) is 14.4. The van der Waals surface area contributed by atoms with Gasteiger partial charge in [0.2, 0.25) is 0 Å². The third-order valence-corrected chi connectivity index (χ3v) is 9.99. The molecule has 3 atom stereocenters. The number of aliphatic hydroxyl groups excluding tert-OH is 3. The Morgan fingerprint density at radius 2 is 1.00 bits per heavy atom. The van der Waals surface area contributed by atoms with Crippen LogP contribution in [-0.2, 0) is 32.7 Å². The van der Waals surface area contributed by atoms with Crippen molar-refractivity contribution >= 4 is 19.8 Å². The lowest BCUT2D eigenvalue weighted by Crippen LogP contribution is -2.29. The van der Waals surface area contributed by atoms with Crippen molar-refractivity contribution in [2.75, 3.05) is 33.0 Å². The maximum atomic E-state index is 12.6. The Hall–Kier alpha value is -2.11. The molecule has 0 fully saturated rings. The number of unbranched alkanes of at least 4 members (excludes halogenated alkanes) is 18. The third kappa shape index (κ3) is 40.1. The zero-order valence-corrected chi connectivity index (χ0v) is 35.7. The van der Waals surface area contributed by atoms with Gasteiger partial charge in [-0.05, 0) is 57.8 Å². The number of hydrogen-bond donors (Lipinski definition) is 4. The molecule has 11 nitrogen and oxygen atoms in total. The van der Waals surface area contributed by atoms with Crippen LogP contribution < -0.4 is 0 Å². The van der Waals surface area contributed by atoms with Gasteiger partial charge >= 0.3 is 19.8 Å². The molecule has 4 N–H and O–H groups in total. The molecule has 0 saturated carbocycles. The Bertz CT molecular complexity index is 1080. The van der Waals surface area contributed by atoms with E-state index in [0.29, 0.717) is 19.3 Å². The number of esters is 2. The lowest BCUT2D eigenvalue weighted by molar-refractivity contribution is -0.161. The standard InChI is InChI=1S/C44H79O11P/c1-2-3-4-5-6-7-8-9-13-17-20-23-26-29-32-35-44(49)55-42(40-54-56(50,51)53-38-41(47)37-46)39-52-43(48)34-31-28-25-22-19-16-14-11-10-12-15-18-21-24-27-30-33-36-45/h10,12,14,16,18,21-22,25,41-42,45-47H,2-9,11,13,15,17,19-20,23-24,26-40H2,1H3,(H,50,51)/b12-10-,16-14-,21-18-,25-22-/t41-,42+/m0/s1. The van der Waals surface area contributed by atoms with Gasteiger partial charge in [0.1, 0.15) is 12.7 Å². The topological polar surface area (TPSA) is 169 Å². The molecule has 0 aromatic heterocycles. The van der Waals surface area contributed by atoms with Crippen molar-refractivity contribution in [3.63, 3.8) is 0 Å². The molecule has 0 radical (unpaired) electrons. The van der Waals surface area contributed by atoms with Crippen LogP contribution in [0.2, 0.25) is 0 Å². The molecular weight excluding hydrogens is 735 g/mol. The van der Waals surface area contributed by atoms with E-state index >= 15 is 0 Å². The van der Waals surface area contributed by atoms with E-state index in [1.165, 1.54) is 70.6 Å². The van der Waals surface area contributed by atoms with Crippen LogP contribution in [0.15, 0.2) is 48.6 Å². The van der Waals surface area contributed by atoms with Gasteiger partial charge in [-0.1, -0.05) is 152 Å². The van der Waals surface area contributed by atoms with E-state index in [2.05, 4.69) is 47.9 Å². The van der Waals surface area contributed by atoms with E-state index in [1.54, 1.807) is 0 Å². The molecule has 0 heterocycles. The van der Waals surface area contributed by atoms with Crippen LogP contribution in [0.5, 0.6) is 0 Å². The Balaban J connectivity index is 4.37. The number of carbonyl (C=O) groups excluding carboxylic acids is 2. The molecule has 0 aliphatic carbocycles. The minimum Gasteiger partial charge on any atom is -0.462 e. The van der Waals surface area contributed by atoms with Crippen LogP contribution in [0.25, 0.3) is 0 Å². The van der Waals surface area contributed by atoms with Crippen molar-refractivity contribution in [2.24, 2.45) is 0 Å². The molecule has 0 aromatic rings. The summed E-state index contributed by atoms with van der Waals surface area (Å²) in [4.78, 5) is 34.9. The smallest absolute Gasteiger partial charge is 0.462 e. The molecule has 0 aliphatic rings. The number of hydrogen-bond acceptors (Lipinski definition) is 10. The van der Waals surface area contributed by atoms with Gasteiger partial charge in [0, 0.05) is 19.4 Å². The highest BCUT2D eigenvalue weighted by atomic mass is 31.2. The summed E-state index contributed by atoms with van der Waals surface area (Å²) in [5.74, 6) is -1.00. The third-order valence-electron chi connectivity index (χ3n) is 9.04. The van der Waals surface area contributed by atoms with E-state index < -0.39 is 51.8 Å². The Morgan fingerprint density at radius 3 is 1.52 bits per heavy atom. The number of allylic oxidation sites excluding steroid dienone is 8. The molecule has 0 aliphatic heterocycles. The van der Waals surface area contributed by atoms with Gasteiger partial charge in [0.15, 0.2) is 6.10 Å². The lowest BCUT2D eigenvalue weighted by atomic mass is 10.0. The maximum absolute atomic E-state index is 12.6. The number of carbonyl (C=O) groups is 2. The van der Waals surface area contributed by atoms with E-state index in [-0.39, 0.29) is 26.1 Å². The van der Waals surface area contributed by atoms with Gasteiger partial charge in [-0.25, -0.2) is 4.57 Å². The van der Waals surface area contributed by atoms with E-state index in [9.17, 15) is 24.2 Å². The fraction of sp³-hybridized carbons (Fsp3) is 0.773. The summed E-state index contributed by atoms with van der Waals surface area (Å²) in [5.41, 5.74) is 0. The molecule has 0 saturated heterocycles. The maximum Gasteiger partial charge on any atom is 0.472 e. The highest BCUT2D eigenvalue weighted by Crippen LogP contribution is 2.43. The first-order valence-corrected chi connectivity index (χ1v) is 23.2. The first-order chi connectivity index (χ1) is 27.2. The summed E-state index contributed by atoms with van der Waals surface area (Å²) in [7, 11) is -4.63. The molecule has 0 bridgehead atoms. The molecule has 326 valence electrons. The molecule has 0 rings (SSSR count). The van der Waals surface area contributed by atoms with Gasteiger partial charge in [0.05, 0.1) is 19.8 Å². The van der Waals surface area contributed by atoms with Crippen LogP contribution in [0.4, 0.5) is 0 Å². The summed E-state index contributed by atoms with van der Waals surface area (Å²) in [6, 6.07) is 0.